The number of nitrogens with one attached hydrogen (secondary N) is 3. The molecule has 0 amide bonds. The van der Waals surface area contributed by atoms with Gasteiger partial charge < -0.3 is 10.3 Å². The number of H-pyrrole nitrogens is 1. The first-order valence-corrected chi connectivity index (χ1v) is 7.96. The first kappa shape index (κ1) is 12.2. The molecule has 0 aromatic carbocycles. The fourth-order valence-electron chi connectivity index (χ4n) is 1.97. The summed E-state index contributed by atoms with van der Waals surface area (Å²) in [5.41, 5.74) is 0.922. The fourth-order valence-corrected chi connectivity index (χ4v) is 3.35. The van der Waals surface area contributed by atoms with Gasteiger partial charge in [0, 0.05) is 30.5 Å². The van der Waals surface area contributed by atoms with Crippen LogP contribution in [0.1, 0.15) is 31.9 Å². The van der Waals surface area contributed by atoms with E-state index in [1.54, 1.807) is 12.3 Å². The predicted octanol–water partition coefficient (Wildman–Crippen LogP) is 0.953. The number of sulfonamides is 1. The van der Waals surface area contributed by atoms with Crippen LogP contribution in [0.2, 0.25) is 0 Å². The lowest BCUT2D eigenvalue weighted by Gasteiger charge is -2.02. The Labute approximate surface area is 107 Å². The molecule has 3 N–H and O–H groups in total. The van der Waals surface area contributed by atoms with Gasteiger partial charge in [-0.3, -0.25) is 0 Å². The van der Waals surface area contributed by atoms with Crippen molar-refractivity contribution in [1.82, 2.24) is 15.0 Å². The molecule has 2 atom stereocenters. The summed E-state index contributed by atoms with van der Waals surface area (Å²) in [4.78, 5) is 3.36. The summed E-state index contributed by atoms with van der Waals surface area (Å²) in [6.07, 6.45) is 4.97. The Bertz CT molecular complexity index is 533. The van der Waals surface area contributed by atoms with E-state index in [1.807, 2.05) is 0 Å². The van der Waals surface area contributed by atoms with E-state index in [9.17, 15) is 8.42 Å². The van der Waals surface area contributed by atoms with Gasteiger partial charge >= 0.3 is 0 Å². The molecule has 0 bridgehead atoms. The van der Waals surface area contributed by atoms with E-state index in [2.05, 4.69) is 21.9 Å². The zero-order valence-electron chi connectivity index (χ0n) is 10.4. The molecule has 1 aromatic rings. The number of rotatable bonds is 6. The lowest BCUT2D eigenvalue weighted by Crippen LogP contribution is -2.26. The molecule has 0 saturated heterocycles. The van der Waals surface area contributed by atoms with E-state index in [0.29, 0.717) is 23.4 Å². The van der Waals surface area contributed by atoms with Gasteiger partial charge in [-0.2, -0.15) is 0 Å². The highest BCUT2D eigenvalue weighted by Crippen LogP contribution is 2.30. The number of aromatic nitrogens is 1. The lowest BCUT2D eigenvalue weighted by molar-refractivity contribution is 0.578. The minimum Gasteiger partial charge on any atom is -0.363 e. The molecule has 1 aromatic heterocycles. The van der Waals surface area contributed by atoms with Crippen molar-refractivity contribution in [1.29, 1.82) is 0 Å². The summed E-state index contributed by atoms with van der Waals surface area (Å²) in [7, 11) is -3.34. The Morgan fingerprint density at radius 2 is 2.17 bits per heavy atom. The van der Waals surface area contributed by atoms with Gasteiger partial charge in [0.1, 0.15) is 0 Å². The van der Waals surface area contributed by atoms with E-state index >= 15 is 0 Å². The van der Waals surface area contributed by atoms with Gasteiger partial charge in [0.2, 0.25) is 10.0 Å². The quantitative estimate of drug-likeness (QED) is 0.720. The third-order valence-electron chi connectivity index (χ3n) is 3.60. The number of aromatic amines is 1. The Morgan fingerprint density at radius 3 is 2.78 bits per heavy atom. The molecule has 18 heavy (non-hydrogen) atoms. The maximum atomic E-state index is 12.0. The van der Waals surface area contributed by atoms with Crippen molar-refractivity contribution in [3.63, 3.8) is 0 Å². The van der Waals surface area contributed by atoms with Crippen LogP contribution in [0.3, 0.4) is 0 Å². The van der Waals surface area contributed by atoms with E-state index < -0.39 is 10.0 Å². The molecule has 1 heterocycles. The number of hydrogen-bond acceptors (Lipinski definition) is 3. The van der Waals surface area contributed by atoms with Crippen molar-refractivity contribution in [3.8, 4) is 0 Å². The molecule has 0 radical (unpaired) electrons. The summed E-state index contributed by atoms with van der Waals surface area (Å²) in [5, 5.41) is 3.35. The van der Waals surface area contributed by atoms with Crippen LogP contribution in [0, 0.1) is 5.92 Å². The van der Waals surface area contributed by atoms with Crippen molar-refractivity contribution >= 4 is 10.0 Å². The van der Waals surface area contributed by atoms with Gasteiger partial charge in [-0.15, -0.1) is 0 Å². The van der Waals surface area contributed by atoms with Gasteiger partial charge in [0.15, 0.2) is 0 Å². The van der Waals surface area contributed by atoms with Gasteiger partial charge in [-0.1, -0.05) is 6.92 Å². The Balaban J connectivity index is 1.63. The molecule has 5 nitrogen and oxygen atoms in total. The third-order valence-corrected chi connectivity index (χ3v) is 5.07. The molecule has 3 rings (SSSR count). The number of hydrogen-bond donors (Lipinski definition) is 3. The van der Waals surface area contributed by atoms with E-state index in [1.165, 1.54) is 12.8 Å². The minimum atomic E-state index is -3.34. The minimum absolute atomic E-state index is 0.123. The third kappa shape index (κ3) is 2.76. The Kier molecular flexibility index (Phi) is 2.96. The monoisotopic (exact) mass is 269 g/mol. The second-order valence-corrected chi connectivity index (χ2v) is 7.17. The maximum Gasteiger partial charge on any atom is 0.242 e. The highest BCUT2D eigenvalue weighted by atomic mass is 32.2. The van der Waals surface area contributed by atoms with Crippen molar-refractivity contribution in [2.24, 2.45) is 5.92 Å². The van der Waals surface area contributed by atoms with Crippen LogP contribution in [0.4, 0.5) is 0 Å². The molecule has 2 aliphatic carbocycles. The summed E-state index contributed by atoms with van der Waals surface area (Å²) >= 11 is 0. The maximum absolute atomic E-state index is 12.0. The van der Waals surface area contributed by atoms with Gasteiger partial charge in [0.05, 0.1) is 4.90 Å². The highest BCUT2D eigenvalue weighted by Gasteiger charge is 2.36. The zero-order chi connectivity index (χ0) is 12.8. The molecule has 100 valence electrons. The molecule has 6 heteroatoms. The smallest absolute Gasteiger partial charge is 0.242 e. The van der Waals surface area contributed by atoms with Crippen LogP contribution in [0.5, 0.6) is 0 Å². The summed E-state index contributed by atoms with van der Waals surface area (Å²) in [6, 6.07) is 2.46. The molecule has 2 unspecified atom stereocenters. The molecule has 2 aliphatic rings. The average Bonchev–Trinajstić information content (AvgIpc) is 3.19. The molecular formula is C12H19N3O2S. The fraction of sp³-hybridized carbons (Fsp3) is 0.667. The molecule has 0 aliphatic heterocycles. The second kappa shape index (κ2) is 4.36. The molecular weight excluding hydrogens is 250 g/mol. The Morgan fingerprint density at radius 1 is 1.44 bits per heavy atom. The highest BCUT2D eigenvalue weighted by molar-refractivity contribution is 7.89. The van der Waals surface area contributed by atoms with E-state index in [0.717, 1.165) is 12.1 Å². The van der Waals surface area contributed by atoms with E-state index in [-0.39, 0.29) is 6.04 Å². The van der Waals surface area contributed by atoms with Gasteiger partial charge in [0.25, 0.3) is 0 Å². The topological polar surface area (TPSA) is 74.0 Å². The van der Waals surface area contributed by atoms with Crippen LogP contribution >= 0.6 is 0 Å². The van der Waals surface area contributed by atoms with Crippen LogP contribution < -0.4 is 10.0 Å². The van der Waals surface area contributed by atoms with Crippen molar-refractivity contribution in [2.45, 2.75) is 49.7 Å². The predicted molar refractivity (Wildman–Crippen MR) is 68.5 cm³/mol. The normalized spacial score (nSPS) is 27.4. The largest absolute Gasteiger partial charge is 0.363 e. The van der Waals surface area contributed by atoms with Gasteiger partial charge in [-0.25, -0.2) is 13.1 Å². The summed E-state index contributed by atoms with van der Waals surface area (Å²) in [5.74, 6) is 0.467. The van der Waals surface area contributed by atoms with Crippen molar-refractivity contribution in [2.75, 3.05) is 0 Å². The van der Waals surface area contributed by atoms with Gasteiger partial charge in [-0.05, 0) is 31.2 Å². The average molecular weight is 269 g/mol. The SMILES string of the molecule is CC1CC1NS(=O)(=O)c1c[nH]c(CNC2CC2)c1. The first-order chi connectivity index (χ1) is 8.54. The molecule has 2 saturated carbocycles. The summed E-state index contributed by atoms with van der Waals surface area (Å²) in [6.45, 7) is 2.76. The van der Waals surface area contributed by atoms with Crippen LogP contribution in [0.15, 0.2) is 17.2 Å². The lowest BCUT2D eigenvalue weighted by atomic mass is 10.4. The summed E-state index contributed by atoms with van der Waals surface area (Å²) < 4.78 is 26.8. The standard InChI is InChI=1S/C12H19N3O2S/c1-8-4-12(8)15-18(16,17)11-5-10(14-7-11)6-13-9-2-3-9/h5,7-9,12-15H,2-4,6H2,1H3. The van der Waals surface area contributed by atoms with Crippen LogP contribution in [0.25, 0.3) is 0 Å². The molecule has 0 spiro atoms. The van der Waals surface area contributed by atoms with E-state index in [4.69, 9.17) is 0 Å². The molecule has 2 fully saturated rings. The Hall–Kier alpha value is -0.850. The van der Waals surface area contributed by atoms with Crippen molar-refractivity contribution < 1.29 is 8.42 Å². The van der Waals surface area contributed by atoms with Crippen molar-refractivity contribution in [3.05, 3.63) is 18.0 Å². The van der Waals surface area contributed by atoms with Crippen LogP contribution in [-0.2, 0) is 16.6 Å². The first-order valence-electron chi connectivity index (χ1n) is 6.47. The van der Waals surface area contributed by atoms with Crippen LogP contribution in [-0.4, -0.2) is 25.5 Å². The second-order valence-electron chi connectivity index (χ2n) is 5.46. The zero-order valence-corrected chi connectivity index (χ0v) is 11.3.